The van der Waals surface area contributed by atoms with E-state index in [0.29, 0.717) is 50.9 Å². The quantitative estimate of drug-likeness (QED) is 0.364. The Morgan fingerprint density at radius 3 is 2.38 bits per heavy atom. The van der Waals surface area contributed by atoms with E-state index in [0.717, 1.165) is 6.20 Å². The highest BCUT2D eigenvalue weighted by molar-refractivity contribution is 5.83. The van der Waals surface area contributed by atoms with E-state index in [2.05, 4.69) is 20.7 Å². The van der Waals surface area contributed by atoms with Crippen molar-refractivity contribution in [2.75, 3.05) is 51.4 Å². The standard InChI is InChI=1S/C23H31F6N7O4/c1-39-11-13(33-15-8-32-34-20(37)19(15)23(27,28)29)12-40-16-4-7-36(21(16)38)14-2-5-35(6-3-14)18-10-30-17(9-31-18)22(24,25)26/h9-10,13-16,19,32-33H,2-8,11-12H2,1H3,(H,34,37)/t13-,15?,16+,19?/m0/s1. The van der Waals surface area contributed by atoms with Crippen LogP contribution in [0.5, 0.6) is 0 Å². The van der Waals surface area contributed by atoms with Crippen molar-refractivity contribution in [2.24, 2.45) is 5.92 Å². The summed E-state index contributed by atoms with van der Waals surface area (Å²) in [6, 6.07) is -2.05. The monoisotopic (exact) mass is 583 g/mol. The molecule has 0 radical (unpaired) electrons. The van der Waals surface area contributed by atoms with Gasteiger partial charge in [-0.05, 0) is 12.8 Å². The number of aromatic nitrogens is 2. The van der Waals surface area contributed by atoms with Crippen molar-refractivity contribution < 1.29 is 45.4 Å². The number of nitrogens with zero attached hydrogens (tertiary/aromatic N) is 4. The van der Waals surface area contributed by atoms with Crippen molar-refractivity contribution in [3.05, 3.63) is 18.1 Å². The van der Waals surface area contributed by atoms with Gasteiger partial charge in [-0.2, -0.15) is 26.3 Å². The zero-order valence-electron chi connectivity index (χ0n) is 21.6. The predicted octanol–water partition coefficient (Wildman–Crippen LogP) is 0.868. The fourth-order valence-corrected chi connectivity index (χ4v) is 5.27. The summed E-state index contributed by atoms with van der Waals surface area (Å²) in [5.74, 6) is -3.34. The van der Waals surface area contributed by atoms with Crippen LogP contribution in [0.3, 0.4) is 0 Å². The second-order valence-corrected chi connectivity index (χ2v) is 9.93. The molecule has 3 saturated heterocycles. The molecule has 224 valence electrons. The Bertz CT molecular complexity index is 1020. The molecular formula is C23H31F6N7O4. The first-order valence-electron chi connectivity index (χ1n) is 12.8. The minimum absolute atomic E-state index is 0.00137. The van der Waals surface area contributed by atoms with E-state index in [9.17, 15) is 35.9 Å². The Morgan fingerprint density at radius 1 is 1.05 bits per heavy atom. The molecule has 3 fully saturated rings. The zero-order chi connectivity index (χ0) is 29.1. The van der Waals surface area contributed by atoms with E-state index in [1.807, 2.05) is 10.3 Å². The highest BCUT2D eigenvalue weighted by Crippen LogP contribution is 2.31. The summed E-state index contributed by atoms with van der Waals surface area (Å²) >= 11 is 0. The molecule has 1 aromatic rings. The molecule has 3 N–H and O–H groups in total. The second kappa shape index (κ2) is 12.4. The highest BCUT2D eigenvalue weighted by atomic mass is 19.4. The summed E-state index contributed by atoms with van der Waals surface area (Å²) in [7, 11) is 1.38. The molecule has 0 spiro atoms. The number of likely N-dealkylation sites (tertiary alicyclic amines) is 1. The lowest BCUT2D eigenvalue weighted by Crippen LogP contribution is -2.65. The third kappa shape index (κ3) is 7.11. The number of amides is 2. The number of methoxy groups -OCH3 is 1. The number of rotatable bonds is 9. The van der Waals surface area contributed by atoms with Gasteiger partial charge < -0.3 is 24.6 Å². The summed E-state index contributed by atoms with van der Waals surface area (Å²) in [6.07, 6.45) is -6.75. The number of hydrogen-bond acceptors (Lipinski definition) is 9. The molecule has 17 heteroatoms. The van der Waals surface area contributed by atoms with Crippen molar-refractivity contribution in [2.45, 2.75) is 55.8 Å². The van der Waals surface area contributed by atoms with Gasteiger partial charge in [0.1, 0.15) is 11.9 Å². The number of nitrogens with one attached hydrogen (secondary N) is 3. The van der Waals surface area contributed by atoms with E-state index in [-0.39, 0.29) is 31.7 Å². The maximum atomic E-state index is 13.5. The number of piperidine rings is 1. The Balaban J connectivity index is 1.27. The minimum Gasteiger partial charge on any atom is -0.383 e. The molecular weight excluding hydrogens is 552 g/mol. The zero-order valence-corrected chi connectivity index (χ0v) is 21.6. The Morgan fingerprint density at radius 2 is 1.77 bits per heavy atom. The van der Waals surface area contributed by atoms with Crippen molar-refractivity contribution in [3.63, 3.8) is 0 Å². The number of anilines is 1. The van der Waals surface area contributed by atoms with Crippen molar-refractivity contribution in [3.8, 4) is 0 Å². The van der Waals surface area contributed by atoms with Gasteiger partial charge in [0.15, 0.2) is 11.6 Å². The van der Waals surface area contributed by atoms with Crippen LogP contribution in [0.25, 0.3) is 0 Å². The fourth-order valence-electron chi connectivity index (χ4n) is 5.27. The van der Waals surface area contributed by atoms with Crippen LogP contribution in [0.4, 0.5) is 32.2 Å². The van der Waals surface area contributed by atoms with E-state index < -0.39 is 48.1 Å². The van der Waals surface area contributed by atoms with E-state index >= 15 is 0 Å². The van der Waals surface area contributed by atoms with Gasteiger partial charge in [-0.25, -0.2) is 15.4 Å². The second-order valence-electron chi connectivity index (χ2n) is 9.93. The number of hydrogen-bond donors (Lipinski definition) is 3. The number of alkyl halides is 6. The van der Waals surface area contributed by atoms with Crippen LogP contribution in [0.1, 0.15) is 25.0 Å². The molecule has 4 heterocycles. The summed E-state index contributed by atoms with van der Waals surface area (Å²) in [5, 5.41) is 2.79. The van der Waals surface area contributed by atoms with Gasteiger partial charge in [0.25, 0.3) is 5.91 Å². The van der Waals surface area contributed by atoms with Crippen molar-refractivity contribution in [1.29, 1.82) is 0 Å². The van der Waals surface area contributed by atoms with Gasteiger partial charge in [-0.1, -0.05) is 0 Å². The van der Waals surface area contributed by atoms with Crippen LogP contribution < -0.4 is 21.1 Å². The molecule has 0 saturated carbocycles. The maximum absolute atomic E-state index is 13.5. The summed E-state index contributed by atoms with van der Waals surface area (Å²) < 4.78 is 89.5. The fraction of sp³-hybridized carbons (Fsp3) is 0.739. The van der Waals surface area contributed by atoms with Crippen molar-refractivity contribution in [1.82, 2.24) is 31.0 Å². The Kier molecular flexibility index (Phi) is 9.36. The van der Waals surface area contributed by atoms with Gasteiger partial charge in [-0.15, -0.1) is 0 Å². The van der Waals surface area contributed by atoms with Crippen LogP contribution in [0.2, 0.25) is 0 Å². The first kappa shape index (κ1) is 30.2. The molecule has 11 nitrogen and oxygen atoms in total. The van der Waals surface area contributed by atoms with Crippen LogP contribution in [-0.2, 0) is 25.2 Å². The summed E-state index contributed by atoms with van der Waals surface area (Å²) in [5.41, 5.74) is 3.38. The average molecular weight is 584 g/mol. The molecule has 0 aromatic carbocycles. The number of carbonyl (C=O) groups is 2. The smallest absolute Gasteiger partial charge is 0.383 e. The number of carbonyl (C=O) groups excluding carboxylic acids is 2. The molecule has 3 aliphatic rings. The number of hydrazine groups is 1. The molecule has 4 rings (SSSR count). The topological polar surface area (TPSA) is 121 Å². The molecule has 0 bridgehead atoms. The lowest BCUT2D eigenvalue weighted by atomic mass is 9.96. The molecule has 4 atom stereocenters. The van der Waals surface area contributed by atoms with Gasteiger partial charge in [-0.3, -0.25) is 15.0 Å². The van der Waals surface area contributed by atoms with Crippen LogP contribution >= 0.6 is 0 Å². The van der Waals surface area contributed by atoms with Gasteiger partial charge in [0.05, 0.1) is 31.6 Å². The molecule has 0 aliphatic carbocycles. The van der Waals surface area contributed by atoms with Crippen LogP contribution in [0, 0.1) is 5.92 Å². The predicted molar refractivity (Wildman–Crippen MR) is 127 cm³/mol. The van der Waals surface area contributed by atoms with Crippen LogP contribution in [0.15, 0.2) is 12.4 Å². The van der Waals surface area contributed by atoms with Crippen molar-refractivity contribution >= 4 is 17.6 Å². The number of ether oxygens (including phenoxy) is 2. The Hall–Kier alpha value is -2.76. The lowest BCUT2D eigenvalue weighted by Gasteiger charge is -2.37. The van der Waals surface area contributed by atoms with Crippen LogP contribution in [-0.4, -0.2) is 104 Å². The largest absolute Gasteiger partial charge is 0.434 e. The minimum atomic E-state index is -4.75. The van der Waals surface area contributed by atoms with E-state index in [1.54, 1.807) is 4.90 Å². The third-order valence-electron chi connectivity index (χ3n) is 7.24. The third-order valence-corrected chi connectivity index (χ3v) is 7.24. The molecule has 1 aromatic heterocycles. The number of halogens is 6. The van der Waals surface area contributed by atoms with E-state index in [1.165, 1.54) is 7.11 Å². The SMILES string of the molecule is COC[C@@H](CO[C@@H]1CCN(C2CCN(c3cnc(C(F)(F)F)cn3)CC2)C1=O)NC1CNNC(=O)C1C(F)(F)F. The first-order valence-corrected chi connectivity index (χ1v) is 12.8. The van der Waals surface area contributed by atoms with Gasteiger partial charge >= 0.3 is 12.4 Å². The molecule has 2 amide bonds. The average Bonchev–Trinajstić information content (AvgIpc) is 3.26. The first-order chi connectivity index (χ1) is 18.9. The molecule has 40 heavy (non-hydrogen) atoms. The maximum Gasteiger partial charge on any atom is 0.434 e. The summed E-state index contributed by atoms with van der Waals surface area (Å²) in [4.78, 5) is 35.8. The van der Waals surface area contributed by atoms with Gasteiger partial charge in [0.2, 0.25) is 5.91 Å². The van der Waals surface area contributed by atoms with Gasteiger partial charge in [0, 0.05) is 51.8 Å². The molecule has 3 aliphatic heterocycles. The van der Waals surface area contributed by atoms with E-state index in [4.69, 9.17) is 9.47 Å². The lowest BCUT2D eigenvalue weighted by molar-refractivity contribution is -0.193. The summed E-state index contributed by atoms with van der Waals surface area (Å²) in [6.45, 7) is 1.12. The molecule has 2 unspecified atom stereocenters. The highest BCUT2D eigenvalue weighted by Gasteiger charge is 2.51. The Labute approximate surface area is 225 Å². The normalized spacial score (nSPS) is 25.8.